The summed E-state index contributed by atoms with van der Waals surface area (Å²) in [6.07, 6.45) is 0.119. The number of hydrogen-bond donors (Lipinski definition) is 1. The minimum atomic E-state index is -1.13. The maximum absolute atomic E-state index is 12.4. The summed E-state index contributed by atoms with van der Waals surface area (Å²) in [5, 5.41) is 9.15. The Balaban J connectivity index is 2.29. The van der Waals surface area contributed by atoms with Gasteiger partial charge in [-0.1, -0.05) is 18.2 Å². The van der Waals surface area contributed by atoms with Gasteiger partial charge in [0.2, 0.25) is 0 Å². The molecule has 0 spiro atoms. The smallest absolute Gasteiger partial charge is 0.326 e. The van der Waals surface area contributed by atoms with Crippen molar-refractivity contribution in [1.29, 1.82) is 0 Å². The van der Waals surface area contributed by atoms with Crippen molar-refractivity contribution in [3.05, 3.63) is 35.4 Å². The first kappa shape index (κ1) is 13.3. The molecule has 1 aromatic rings. The zero-order valence-corrected chi connectivity index (χ0v) is 10.6. The molecule has 1 N–H and O–H groups in total. The third-order valence-corrected chi connectivity index (χ3v) is 3.35. The number of likely N-dealkylation sites (tertiary alicyclic amines) is 1. The molecule has 100 valence electrons. The normalized spacial score (nSPS) is 19.3. The summed E-state index contributed by atoms with van der Waals surface area (Å²) < 4.78 is 0. The van der Waals surface area contributed by atoms with Gasteiger partial charge in [-0.05, 0) is 18.6 Å². The number of amides is 1. The molecule has 0 aromatic heterocycles. The van der Waals surface area contributed by atoms with Gasteiger partial charge in [0.25, 0.3) is 5.91 Å². The fraction of sp³-hybridized carbons (Fsp3) is 0.357. The molecule has 0 bridgehead atoms. The van der Waals surface area contributed by atoms with Crippen molar-refractivity contribution < 1.29 is 19.5 Å². The number of carboxylic acids is 1. The van der Waals surface area contributed by atoms with E-state index in [2.05, 4.69) is 0 Å². The number of nitrogens with zero attached hydrogens (tertiary/aromatic N) is 1. The van der Waals surface area contributed by atoms with E-state index in [1.807, 2.05) is 6.07 Å². The quantitative estimate of drug-likeness (QED) is 0.869. The number of benzene rings is 1. The molecule has 1 aliphatic heterocycles. The molecule has 1 aromatic carbocycles. The van der Waals surface area contributed by atoms with Crippen LogP contribution < -0.4 is 0 Å². The second-order valence-electron chi connectivity index (χ2n) is 4.66. The number of carboxylic acid groups (broad SMARTS) is 1. The summed E-state index contributed by atoms with van der Waals surface area (Å²) in [7, 11) is 0. The minimum Gasteiger partial charge on any atom is -0.480 e. The maximum atomic E-state index is 12.4. The monoisotopic (exact) mass is 261 g/mol. The van der Waals surface area contributed by atoms with E-state index in [0.29, 0.717) is 5.56 Å². The van der Waals surface area contributed by atoms with Crippen molar-refractivity contribution >= 4 is 17.7 Å². The first-order chi connectivity index (χ1) is 9.00. The summed E-state index contributed by atoms with van der Waals surface area (Å²) in [5.74, 6) is -1.56. The number of rotatable bonds is 2. The highest BCUT2D eigenvalue weighted by molar-refractivity contribution is 6.00. The first-order valence-corrected chi connectivity index (χ1v) is 6.12. The van der Waals surface area contributed by atoms with E-state index in [1.165, 1.54) is 4.90 Å². The van der Waals surface area contributed by atoms with Crippen molar-refractivity contribution in [2.24, 2.45) is 0 Å². The number of carbonyl (C=O) groups is 3. The molecule has 1 aliphatic rings. The van der Waals surface area contributed by atoms with Crippen LogP contribution in [-0.4, -0.2) is 40.3 Å². The second-order valence-corrected chi connectivity index (χ2v) is 4.66. The summed E-state index contributed by atoms with van der Waals surface area (Å²) in [4.78, 5) is 36.2. The lowest BCUT2D eigenvalue weighted by Gasteiger charge is -2.32. The molecule has 0 aliphatic carbocycles. The van der Waals surface area contributed by atoms with Crippen LogP contribution in [0.1, 0.15) is 28.8 Å². The van der Waals surface area contributed by atoms with E-state index in [0.717, 1.165) is 5.56 Å². The second kappa shape index (κ2) is 5.22. The van der Waals surface area contributed by atoms with Crippen molar-refractivity contribution in [3.8, 4) is 0 Å². The van der Waals surface area contributed by atoms with Gasteiger partial charge in [-0.3, -0.25) is 9.59 Å². The lowest BCUT2D eigenvalue weighted by atomic mass is 9.98. The fourth-order valence-electron chi connectivity index (χ4n) is 2.26. The molecule has 1 heterocycles. The summed E-state index contributed by atoms with van der Waals surface area (Å²) in [6, 6.07) is 5.99. The van der Waals surface area contributed by atoms with Crippen LogP contribution in [-0.2, 0) is 9.59 Å². The van der Waals surface area contributed by atoms with Crippen molar-refractivity contribution in [3.63, 3.8) is 0 Å². The number of carbonyl (C=O) groups excluding carboxylic acids is 2. The topological polar surface area (TPSA) is 74.7 Å². The average Bonchev–Trinajstić information content (AvgIpc) is 2.38. The van der Waals surface area contributed by atoms with Gasteiger partial charge in [0.1, 0.15) is 11.8 Å². The van der Waals surface area contributed by atoms with Crippen LogP contribution in [0.15, 0.2) is 24.3 Å². The van der Waals surface area contributed by atoms with Gasteiger partial charge in [0, 0.05) is 24.9 Å². The maximum Gasteiger partial charge on any atom is 0.326 e. The molecule has 1 amide bonds. The van der Waals surface area contributed by atoms with Gasteiger partial charge in [-0.2, -0.15) is 0 Å². The molecule has 5 heteroatoms. The average molecular weight is 261 g/mol. The summed E-state index contributed by atoms with van der Waals surface area (Å²) in [5.41, 5.74) is 1.29. The van der Waals surface area contributed by atoms with E-state index >= 15 is 0 Å². The Labute approximate surface area is 110 Å². The van der Waals surface area contributed by atoms with E-state index < -0.39 is 12.0 Å². The lowest BCUT2D eigenvalue weighted by Crippen LogP contribution is -2.50. The molecule has 1 atom stereocenters. The first-order valence-electron chi connectivity index (χ1n) is 6.12. The van der Waals surface area contributed by atoms with Crippen LogP contribution in [0.2, 0.25) is 0 Å². The van der Waals surface area contributed by atoms with Crippen LogP contribution in [0.25, 0.3) is 0 Å². The molecule has 5 nitrogen and oxygen atoms in total. The van der Waals surface area contributed by atoms with Crippen molar-refractivity contribution in [2.75, 3.05) is 6.54 Å². The standard InChI is InChI=1S/C14H15NO4/c1-9-4-2-3-5-11(9)13(17)15-7-6-10(16)8-12(15)14(18)19/h2-5,12H,6-8H2,1H3,(H,18,19). The zero-order chi connectivity index (χ0) is 14.0. The SMILES string of the molecule is Cc1ccccc1C(=O)N1CCC(=O)CC1C(=O)O. The largest absolute Gasteiger partial charge is 0.480 e. The zero-order valence-electron chi connectivity index (χ0n) is 10.6. The molecule has 1 fully saturated rings. The Hall–Kier alpha value is -2.17. The highest BCUT2D eigenvalue weighted by atomic mass is 16.4. The predicted molar refractivity (Wildman–Crippen MR) is 67.9 cm³/mol. The van der Waals surface area contributed by atoms with Gasteiger partial charge in [0.05, 0.1) is 0 Å². The van der Waals surface area contributed by atoms with Crippen LogP contribution in [0.5, 0.6) is 0 Å². The fourth-order valence-corrected chi connectivity index (χ4v) is 2.26. The number of hydrogen-bond acceptors (Lipinski definition) is 3. The molecular formula is C14H15NO4. The van der Waals surface area contributed by atoms with E-state index in [1.54, 1.807) is 25.1 Å². The Morgan fingerprint density at radius 1 is 1.32 bits per heavy atom. The van der Waals surface area contributed by atoms with Crippen molar-refractivity contribution in [1.82, 2.24) is 4.90 Å². The van der Waals surface area contributed by atoms with Gasteiger partial charge in [-0.15, -0.1) is 0 Å². The van der Waals surface area contributed by atoms with Crippen LogP contribution in [0, 0.1) is 6.92 Å². The summed E-state index contributed by atoms with van der Waals surface area (Å²) in [6.45, 7) is 1.97. The van der Waals surface area contributed by atoms with E-state index in [4.69, 9.17) is 5.11 Å². The van der Waals surface area contributed by atoms with Gasteiger partial charge in [-0.25, -0.2) is 4.79 Å². The predicted octanol–water partition coefficient (Wildman–Crippen LogP) is 1.25. The van der Waals surface area contributed by atoms with E-state index in [9.17, 15) is 14.4 Å². The van der Waals surface area contributed by atoms with Crippen LogP contribution in [0.3, 0.4) is 0 Å². The molecule has 1 saturated heterocycles. The lowest BCUT2D eigenvalue weighted by molar-refractivity contribution is -0.146. The highest BCUT2D eigenvalue weighted by Crippen LogP contribution is 2.19. The van der Waals surface area contributed by atoms with Crippen LogP contribution >= 0.6 is 0 Å². The number of ketones is 1. The molecule has 0 saturated carbocycles. The Morgan fingerprint density at radius 3 is 2.63 bits per heavy atom. The highest BCUT2D eigenvalue weighted by Gasteiger charge is 2.36. The number of piperidine rings is 1. The van der Waals surface area contributed by atoms with Gasteiger partial charge in [0.15, 0.2) is 0 Å². The Morgan fingerprint density at radius 2 is 2.00 bits per heavy atom. The Kier molecular flexibility index (Phi) is 3.64. The molecule has 1 unspecified atom stereocenters. The molecule has 19 heavy (non-hydrogen) atoms. The van der Waals surface area contributed by atoms with E-state index in [-0.39, 0.29) is 31.1 Å². The Bertz CT molecular complexity index is 538. The van der Waals surface area contributed by atoms with Crippen molar-refractivity contribution in [2.45, 2.75) is 25.8 Å². The summed E-state index contributed by atoms with van der Waals surface area (Å²) >= 11 is 0. The number of Topliss-reactive ketones (excluding diaryl/α,β-unsaturated/α-hetero) is 1. The third-order valence-electron chi connectivity index (χ3n) is 3.35. The third kappa shape index (κ3) is 2.65. The molecular weight excluding hydrogens is 246 g/mol. The molecule has 2 rings (SSSR count). The molecule has 0 radical (unpaired) electrons. The number of aliphatic carboxylic acids is 1. The number of aryl methyl sites for hydroxylation is 1. The van der Waals surface area contributed by atoms with Gasteiger partial charge >= 0.3 is 5.97 Å². The minimum absolute atomic E-state index is 0.104. The van der Waals surface area contributed by atoms with Gasteiger partial charge < -0.3 is 10.0 Å². The van der Waals surface area contributed by atoms with Crippen LogP contribution in [0.4, 0.5) is 0 Å².